The highest BCUT2D eigenvalue weighted by molar-refractivity contribution is 7.13. The van der Waals surface area contributed by atoms with Crippen molar-refractivity contribution in [3.63, 3.8) is 0 Å². The van der Waals surface area contributed by atoms with Gasteiger partial charge in [-0.25, -0.2) is 15.0 Å². The smallest absolute Gasteiger partial charge is 0.222 e. The summed E-state index contributed by atoms with van der Waals surface area (Å²) in [5.41, 5.74) is 7.85. The van der Waals surface area contributed by atoms with Crippen molar-refractivity contribution >= 4 is 28.2 Å². The Kier molecular flexibility index (Phi) is 4.62. The number of Topliss-reactive ketones (excluding diaryl/α,β-unsaturated/α-hetero) is 1. The van der Waals surface area contributed by atoms with Crippen molar-refractivity contribution < 1.29 is 4.79 Å². The van der Waals surface area contributed by atoms with Crippen LogP contribution in [0.25, 0.3) is 0 Å². The lowest BCUT2D eigenvalue weighted by atomic mass is 10.2. The summed E-state index contributed by atoms with van der Waals surface area (Å²) < 4.78 is 0. The fourth-order valence-electron chi connectivity index (χ4n) is 1.81. The lowest BCUT2D eigenvalue weighted by Gasteiger charge is -2.06. The average molecular weight is 291 g/mol. The first kappa shape index (κ1) is 14.4. The van der Waals surface area contributed by atoms with E-state index in [4.69, 9.17) is 5.73 Å². The maximum Gasteiger partial charge on any atom is 0.222 e. The molecule has 0 radical (unpaired) electrons. The fraction of sp³-hybridized carbons (Fsp3) is 0.385. The van der Waals surface area contributed by atoms with E-state index in [1.807, 2.05) is 12.3 Å². The van der Waals surface area contributed by atoms with Crippen LogP contribution in [0.1, 0.15) is 35.1 Å². The highest BCUT2D eigenvalue weighted by Gasteiger charge is 2.07. The van der Waals surface area contributed by atoms with E-state index in [-0.39, 0.29) is 5.78 Å². The number of carbonyl (C=O) groups is 1. The Balaban J connectivity index is 1.82. The van der Waals surface area contributed by atoms with Crippen molar-refractivity contribution in [2.24, 2.45) is 0 Å². The largest absolute Gasteiger partial charge is 0.375 e. The van der Waals surface area contributed by atoms with Crippen molar-refractivity contribution in [1.29, 1.82) is 0 Å². The van der Waals surface area contributed by atoms with Gasteiger partial charge >= 0.3 is 0 Å². The van der Waals surface area contributed by atoms with Gasteiger partial charge in [0.1, 0.15) is 0 Å². The van der Waals surface area contributed by atoms with E-state index in [9.17, 15) is 4.79 Å². The van der Waals surface area contributed by atoms with E-state index in [0.717, 1.165) is 25.1 Å². The molecule has 2 aromatic rings. The first-order valence-corrected chi connectivity index (χ1v) is 7.22. The van der Waals surface area contributed by atoms with Gasteiger partial charge in [0.2, 0.25) is 5.95 Å². The number of thiazole rings is 1. The molecular weight excluding hydrogens is 274 g/mol. The molecule has 3 N–H and O–H groups in total. The maximum absolute atomic E-state index is 11.3. The van der Waals surface area contributed by atoms with Crippen molar-refractivity contribution in [2.75, 3.05) is 17.6 Å². The van der Waals surface area contributed by atoms with Gasteiger partial charge in [-0.3, -0.25) is 4.79 Å². The zero-order chi connectivity index (χ0) is 14.5. The van der Waals surface area contributed by atoms with Gasteiger partial charge in [0, 0.05) is 18.1 Å². The Morgan fingerprint density at radius 3 is 2.85 bits per heavy atom. The van der Waals surface area contributed by atoms with E-state index >= 15 is 0 Å². The molecule has 0 unspecified atom stereocenters. The van der Waals surface area contributed by atoms with E-state index in [2.05, 4.69) is 20.3 Å². The Labute approximate surface area is 121 Å². The summed E-state index contributed by atoms with van der Waals surface area (Å²) in [6.45, 7) is 4.07. The molecule has 0 fully saturated rings. The second kappa shape index (κ2) is 6.42. The number of aromatic nitrogens is 3. The number of aryl methyl sites for hydroxylation is 2. The Morgan fingerprint density at radius 2 is 2.25 bits per heavy atom. The van der Waals surface area contributed by atoms with Gasteiger partial charge in [-0.1, -0.05) is 0 Å². The summed E-state index contributed by atoms with van der Waals surface area (Å²) in [6, 6.07) is 0. The normalized spacial score (nSPS) is 10.5. The first-order valence-electron chi connectivity index (χ1n) is 6.34. The number of rotatable bonds is 6. The standard InChI is InChI=1S/C13H17N5OS/c1-8-11(9(2)19)6-16-13(17-8)15-5-3-4-10-7-20-12(14)18-10/h6-7H,3-5H2,1-2H3,(H2,14,18)(H,15,16,17). The second-order valence-corrected chi connectivity index (χ2v) is 5.35. The van der Waals surface area contributed by atoms with E-state index in [1.165, 1.54) is 18.3 Å². The number of carbonyl (C=O) groups excluding carboxylic acids is 1. The molecule has 20 heavy (non-hydrogen) atoms. The number of nitrogens with two attached hydrogens (primary N) is 1. The maximum atomic E-state index is 11.3. The van der Waals surface area contributed by atoms with Gasteiger partial charge in [-0.15, -0.1) is 11.3 Å². The number of hydrogen-bond acceptors (Lipinski definition) is 7. The summed E-state index contributed by atoms with van der Waals surface area (Å²) >= 11 is 1.45. The van der Waals surface area contributed by atoms with Crippen LogP contribution in [0.2, 0.25) is 0 Å². The summed E-state index contributed by atoms with van der Waals surface area (Å²) in [5, 5.41) is 5.71. The second-order valence-electron chi connectivity index (χ2n) is 4.46. The number of nitrogens with one attached hydrogen (secondary N) is 1. The van der Waals surface area contributed by atoms with Gasteiger partial charge in [0.15, 0.2) is 10.9 Å². The summed E-state index contributed by atoms with van der Waals surface area (Å²) in [7, 11) is 0. The molecule has 0 saturated heterocycles. The molecule has 0 spiro atoms. The number of anilines is 2. The molecule has 0 aliphatic carbocycles. The van der Waals surface area contributed by atoms with Gasteiger partial charge in [-0.05, 0) is 26.7 Å². The van der Waals surface area contributed by atoms with Crippen LogP contribution in [0.4, 0.5) is 11.1 Å². The van der Waals surface area contributed by atoms with Crippen LogP contribution >= 0.6 is 11.3 Å². The zero-order valence-corrected chi connectivity index (χ0v) is 12.3. The Morgan fingerprint density at radius 1 is 1.45 bits per heavy atom. The van der Waals surface area contributed by atoms with Crippen molar-refractivity contribution in [2.45, 2.75) is 26.7 Å². The van der Waals surface area contributed by atoms with Crippen LogP contribution in [0.15, 0.2) is 11.6 Å². The third-order valence-corrected chi connectivity index (χ3v) is 3.54. The van der Waals surface area contributed by atoms with Crippen molar-refractivity contribution in [3.05, 3.63) is 28.5 Å². The molecule has 0 bridgehead atoms. The number of nitrogen functional groups attached to an aromatic ring is 1. The van der Waals surface area contributed by atoms with Gasteiger partial charge in [0.05, 0.1) is 17.0 Å². The minimum atomic E-state index is -0.0184. The molecular formula is C13H17N5OS. The molecule has 2 heterocycles. The lowest BCUT2D eigenvalue weighted by molar-refractivity contribution is 0.101. The highest BCUT2D eigenvalue weighted by atomic mass is 32.1. The molecule has 0 aliphatic rings. The third-order valence-electron chi connectivity index (χ3n) is 2.82. The van der Waals surface area contributed by atoms with Gasteiger partial charge < -0.3 is 11.1 Å². The molecule has 0 atom stereocenters. The molecule has 0 aliphatic heterocycles. The molecule has 2 aromatic heterocycles. The van der Waals surface area contributed by atoms with Crippen LogP contribution in [0, 0.1) is 6.92 Å². The van der Waals surface area contributed by atoms with Crippen LogP contribution < -0.4 is 11.1 Å². The molecule has 0 aromatic carbocycles. The topological polar surface area (TPSA) is 93.8 Å². The van der Waals surface area contributed by atoms with E-state index in [1.54, 1.807) is 6.20 Å². The minimum Gasteiger partial charge on any atom is -0.375 e. The summed E-state index contributed by atoms with van der Waals surface area (Å²) in [6.07, 6.45) is 3.35. The molecule has 0 saturated carbocycles. The monoisotopic (exact) mass is 291 g/mol. The van der Waals surface area contributed by atoms with Crippen LogP contribution in [-0.4, -0.2) is 27.3 Å². The summed E-state index contributed by atoms with van der Waals surface area (Å²) in [4.78, 5) is 23.9. The molecule has 2 rings (SSSR count). The minimum absolute atomic E-state index is 0.0184. The molecule has 7 heteroatoms. The van der Waals surface area contributed by atoms with E-state index < -0.39 is 0 Å². The SMILES string of the molecule is CC(=O)c1cnc(NCCCc2csc(N)n2)nc1C. The highest BCUT2D eigenvalue weighted by Crippen LogP contribution is 2.12. The van der Waals surface area contributed by atoms with Crippen molar-refractivity contribution in [1.82, 2.24) is 15.0 Å². The van der Waals surface area contributed by atoms with Gasteiger partial charge in [0.25, 0.3) is 0 Å². The Bertz CT molecular complexity index is 611. The molecule has 6 nitrogen and oxygen atoms in total. The Hall–Kier alpha value is -2.02. The fourth-order valence-corrected chi connectivity index (χ4v) is 2.40. The van der Waals surface area contributed by atoms with Crippen LogP contribution in [0.5, 0.6) is 0 Å². The third kappa shape index (κ3) is 3.74. The number of nitrogens with zero attached hydrogens (tertiary/aromatic N) is 3. The summed E-state index contributed by atoms with van der Waals surface area (Å²) in [5.74, 6) is 0.528. The average Bonchev–Trinajstić information content (AvgIpc) is 2.80. The predicted octanol–water partition coefficient (Wildman–Crippen LogP) is 2.07. The van der Waals surface area contributed by atoms with E-state index in [0.29, 0.717) is 22.3 Å². The first-order chi connectivity index (χ1) is 9.56. The van der Waals surface area contributed by atoms with Crippen LogP contribution in [-0.2, 0) is 6.42 Å². The van der Waals surface area contributed by atoms with Gasteiger partial charge in [-0.2, -0.15) is 0 Å². The molecule has 106 valence electrons. The number of ketones is 1. The quantitative estimate of drug-likeness (QED) is 0.625. The molecule has 0 amide bonds. The number of hydrogen-bond donors (Lipinski definition) is 2. The van der Waals surface area contributed by atoms with Crippen LogP contribution in [0.3, 0.4) is 0 Å². The zero-order valence-electron chi connectivity index (χ0n) is 11.5. The van der Waals surface area contributed by atoms with Crippen molar-refractivity contribution in [3.8, 4) is 0 Å². The lowest BCUT2D eigenvalue weighted by Crippen LogP contribution is -2.09. The predicted molar refractivity (Wildman–Crippen MR) is 80.1 cm³/mol.